The van der Waals surface area contributed by atoms with Gasteiger partial charge in [0.15, 0.2) is 5.69 Å². The van der Waals surface area contributed by atoms with E-state index in [0.717, 1.165) is 38.9 Å². The molecule has 22 heavy (non-hydrogen) atoms. The van der Waals surface area contributed by atoms with E-state index < -0.39 is 0 Å². The van der Waals surface area contributed by atoms with E-state index in [0.29, 0.717) is 11.4 Å². The van der Waals surface area contributed by atoms with Crippen LogP contribution in [0, 0.1) is 19.3 Å². The molecule has 3 rings (SSSR count). The van der Waals surface area contributed by atoms with E-state index in [1.54, 1.807) is 6.92 Å². The van der Waals surface area contributed by atoms with Crippen LogP contribution < -0.4 is 10.9 Å². The Bertz CT molecular complexity index is 646. The van der Waals surface area contributed by atoms with Crippen molar-refractivity contribution in [1.82, 2.24) is 20.2 Å². The number of nitrogens with one attached hydrogen (secondary N) is 2. The fourth-order valence-electron chi connectivity index (χ4n) is 3.81. The number of carbonyl (C=O) groups excluding carboxylic acids is 1. The molecule has 1 aromatic heterocycles. The van der Waals surface area contributed by atoms with E-state index in [4.69, 9.17) is 0 Å². The summed E-state index contributed by atoms with van der Waals surface area (Å²) in [7, 11) is 0. The van der Waals surface area contributed by atoms with E-state index in [1.807, 2.05) is 11.8 Å². The Morgan fingerprint density at radius 3 is 2.68 bits per heavy atom. The second kappa shape index (κ2) is 5.50. The molecule has 2 saturated heterocycles. The van der Waals surface area contributed by atoms with Gasteiger partial charge < -0.3 is 15.2 Å². The normalized spacial score (nSPS) is 24.0. The molecule has 1 unspecified atom stereocenters. The first-order valence-electron chi connectivity index (χ1n) is 8.01. The largest absolute Gasteiger partial charge is 0.334 e. The SMILES string of the molecule is Cc1nc(C(=O)N2CC3(CCNCC3)CC2C)c(=O)[nH]c1C. The highest BCUT2D eigenvalue weighted by Gasteiger charge is 2.45. The molecular weight excluding hydrogens is 280 g/mol. The number of rotatable bonds is 1. The summed E-state index contributed by atoms with van der Waals surface area (Å²) in [6, 6.07) is 0.161. The zero-order valence-corrected chi connectivity index (χ0v) is 13.5. The van der Waals surface area contributed by atoms with E-state index in [-0.39, 0.29) is 28.6 Å². The minimum atomic E-state index is -0.383. The number of carbonyl (C=O) groups is 1. The fourth-order valence-corrected chi connectivity index (χ4v) is 3.81. The Kier molecular flexibility index (Phi) is 3.80. The maximum absolute atomic E-state index is 12.8. The summed E-state index contributed by atoms with van der Waals surface area (Å²) in [4.78, 5) is 33.7. The third kappa shape index (κ3) is 2.56. The van der Waals surface area contributed by atoms with Crippen molar-refractivity contribution in [3.63, 3.8) is 0 Å². The summed E-state index contributed by atoms with van der Waals surface area (Å²) in [5.74, 6) is -0.229. The molecule has 0 aromatic carbocycles. The molecule has 1 amide bonds. The van der Waals surface area contributed by atoms with Crippen LogP contribution in [-0.2, 0) is 0 Å². The van der Waals surface area contributed by atoms with Crippen molar-refractivity contribution >= 4 is 5.91 Å². The highest BCUT2D eigenvalue weighted by atomic mass is 16.2. The van der Waals surface area contributed by atoms with Gasteiger partial charge in [0.1, 0.15) is 0 Å². The van der Waals surface area contributed by atoms with Gasteiger partial charge in [-0.15, -0.1) is 0 Å². The van der Waals surface area contributed by atoms with Crippen LogP contribution in [0.3, 0.4) is 0 Å². The standard InChI is InChI=1S/C16H24N4O2/c1-10-8-16(4-6-17-7-5-16)9-20(10)15(22)13-14(21)19-12(3)11(2)18-13/h10,17H,4-9H2,1-3H3,(H,19,21). The van der Waals surface area contributed by atoms with Crippen LogP contribution in [0.1, 0.15) is 48.1 Å². The van der Waals surface area contributed by atoms with Crippen LogP contribution >= 0.6 is 0 Å². The van der Waals surface area contributed by atoms with Crippen molar-refractivity contribution in [2.75, 3.05) is 19.6 Å². The van der Waals surface area contributed by atoms with Gasteiger partial charge in [0.2, 0.25) is 0 Å². The molecule has 2 N–H and O–H groups in total. The lowest BCUT2D eigenvalue weighted by Gasteiger charge is -2.33. The minimum absolute atomic E-state index is 0.0286. The molecule has 3 heterocycles. The van der Waals surface area contributed by atoms with Crippen LogP contribution in [0.2, 0.25) is 0 Å². The van der Waals surface area contributed by atoms with Crippen molar-refractivity contribution in [2.24, 2.45) is 5.41 Å². The quantitative estimate of drug-likeness (QED) is 0.811. The van der Waals surface area contributed by atoms with Crippen LogP contribution in [0.5, 0.6) is 0 Å². The number of H-pyrrole nitrogens is 1. The van der Waals surface area contributed by atoms with E-state index in [1.165, 1.54) is 0 Å². The van der Waals surface area contributed by atoms with Gasteiger partial charge in [-0.3, -0.25) is 9.59 Å². The van der Waals surface area contributed by atoms with Crippen LogP contribution in [0.15, 0.2) is 4.79 Å². The van der Waals surface area contributed by atoms with Crippen molar-refractivity contribution in [2.45, 2.75) is 46.1 Å². The Balaban J connectivity index is 1.86. The lowest BCUT2D eigenvalue weighted by molar-refractivity contribution is 0.0715. The molecule has 0 aliphatic carbocycles. The first-order valence-corrected chi connectivity index (χ1v) is 8.01. The monoisotopic (exact) mass is 304 g/mol. The van der Waals surface area contributed by atoms with E-state index >= 15 is 0 Å². The molecule has 2 aliphatic rings. The Hall–Kier alpha value is -1.69. The Morgan fingerprint density at radius 1 is 1.32 bits per heavy atom. The number of aryl methyl sites for hydroxylation is 2. The average Bonchev–Trinajstić information content (AvgIpc) is 2.79. The van der Waals surface area contributed by atoms with Crippen molar-refractivity contribution in [3.05, 3.63) is 27.4 Å². The highest BCUT2D eigenvalue weighted by molar-refractivity contribution is 5.92. The molecule has 1 atom stereocenters. The number of likely N-dealkylation sites (tertiary alicyclic amines) is 1. The molecule has 0 saturated carbocycles. The molecule has 0 radical (unpaired) electrons. The smallest absolute Gasteiger partial charge is 0.279 e. The number of aromatic amines is 1. The van der Waals surface area contributed by atoms with Crippen molar-refractivity contribution in [1.29, 1.82) is 0 Å². The number of amides is 1. The number of hydrogen-bond donors (Lipinski definition) is 2. The number of piperidine rings is 1. The lowest BCUT2D eigenvalue weighted by atomic mass is 9.77. The molecule has 0 bridgehead atoms. The van der Waals surface area contributed by atoms with Crippen LogP contribution in [0.25, 0.3) is 0 Å². The Morgan fingerprint density at radius 2 is 2.00 bits per heavy atom. The van der Waals surface area contributed by atoms with Gasteiger partial charge in [-0.2, -0.15) is 0 Å². The predicted molar refractivity (Wildman–Crippen MR) is 84.0 cm³/mol. The second-order valence-corrected chi connectivity index (χ2v) is 6.86. The molecule has 2 aliphatic heterocycles. The van der Waals surface area contributed by atoms with Gasteiger partial charge in [-0.1, -0.05) is 0 Å². The zero-order valence-electron chi connectivity index (χ0n) is 13.5. The lowest BCUT2D eigenvalue weighted by Crippen LogP contribution is -2.41. The maximum atomic E-state index is 12.8. The molecule has 1 aromatic rings. The van der Waals surface area contributed by atoms with E-state index in [2.05, 4.69) is 22.2 Å². The predicted octanol–water partition coefficient (Wildman–Crippen LogP) is 0.991. The summed E-state index contributed by atoms with van der Waals surface area (Å²) in [5.41, 5.74) is 1.28. The molecule has 6 nitrogen and oxygen atoms in total. The molecular formula is C16H24N4O2. The summed E-state index contributed by atoms with van der Waals surface area (Å²) >= 11 is 0. The van der Waals surface area contributed by atoms with Gasteiger partial charge in [0, 0.05) is 18.3 Å². The van der Waals surface area contributed by atoms with Gasteiger partial charge in [0.05, 0.1) is 5.69 Å². The van der Waals surface area contributed by atoms with Gasteiger partial charge in [-0.05, 0) is 58.5 Å². The minimum Gasteiger partial charge on any atom is -0.334 e. The van der Waals surface area contributed by atoms with Gasteiger partial charge >= 0.3 is 0 Å². The van der Waals surface area contributed by atoms with Crippen LogP contribution in [0.4, 0.5) is 0 Å². The number of nitrogens with zero attached hydrogens (tertiary/aromatic N) is 2. The van der Waals surface area contributed by atoms with Crippen molar-refractivity contribution in [3.8, 4) is 0 Å². The summed E-state index contributed by atoms with van der Waals surface area (Å²) in [6.45, 7) is 8.44. The average molecular weight is 304 g/mol. The number of aromatic nitrogens is 2. The van der Waals surface area contributed by atoms with Crippen molar-refractivity contribution < 1.29 is 4.79 Å². The third-order valence-corrected chi connectivity index (χ3v) is 5.23. The topological polar surface area (TPSA) is 78.1 Å². The molecule has 2 fully saturated rings. The number of hydrogen-bond acceptors (Lipinski definition) is 4. The van der Waals surface area contributed by atoms with Gasteiger partial charge in [-0.25, -0.2) is 4.98 Å². The molecule has 120 valence electrons. The summed E-state index contributed by atoms with van der Waals surface area (Å²) < 4.78 is 0. The third-order valence-electron chi connectivity index (χ3n) is 5.23. The zero-order chi connectivity index (χ0) is 15.9. The Labute approximate surface area is 130 Å². The second-order valence-electron chi connectivity index (χ2n) is 6.86. The molecule has 6 heteroatoms. The molecule has 1 spiro atoms. The maximum Gasteiger partial charge on any atom is 0.279 e. The van der Waals surface area contributed by atoms with E-state index in [9.17, 15) is 9.59 Å². The first kappa shape index (κ1) is 15.2. The summed E-state index contributed by atoms with van der Waals surface area (Å²) in [5, 5.41) is 3.38. The fraction of sp³-hybridized carbons (Fsp3) is 0.688. The summed E-state index contributed by atoms with van der Waals surface area (Å²) in [6.07, 6.45) is 3.21. The highest BCUT2D eigenvalue weighted by Crippen LogP contribution is 2.42. The van der Waals surface area contributed by atoms with Gasteiger partial charge in [0.25, 0.3) is 11.5 Å². The first-order chi connectivity index (χ1) is 10.4. The van der Waals surface area contributed by atoms with Crippen LogP contribution in [-0.4, -0.2) is 46.5 Å².